The maximum absolute atomic E-state index is 6.58. The Morgan fingerprint density at radius 1 is 0.510 bits per heavy atom. The number of para-hydroxylation sites is 1. The molecule has 0 saturated heterocycles. The third kappa shape index (κ3) is 3.49. The fourth-order valence-electron chi connectivity index (χ4n) is 12.7. The monoisotopic (exact) mass is 659 g/mol. The number of rotatable bonds is 3. The van der Waals surface area contributed by atoms with Gasteiger partial charge in [-0.05, 0) is 125 Å². The molecule has 2 nitrogen and oxygen atoms in total. The Hall–Kier alpha value is -5.08. The second kappa shape index (κ2) is 9.82. The standard InChI is InChI=1S/C49H41NO/c1-48(2)37-16-6-3-12-33(37)34-15-9-21-42(47(34)48)50(41-20-11-23-44-46(41)36-14-5-8-22-43(36)51-44)40-19-10-18-39-45(40)35-13-4-7-17-38(35)49(39)31-25-29-24-30(27-31)28-32(49)26-29/h3-23,29-32H,24-28H2,1-2H3. The van der Waals surface area contributed by atoms with Crippen LogP contribution in [0.3, 0.4) is 0 Å². The van der Waals surface area contributed by atoms with Crippen LogP contribution in [0.2, 0.25) is 0 Å². The number of furan rings is 1. The van der Waals surface area contributed by atoms with Gasteiger partial charge >= 0.3 is 0 Å². The van der Waals surface area contributed by atoms with Crippen LogP contribution in [0.1, 0.15) is 68.2 Å². The molecular formula is C49H41NO. The van der Waals surface area contributed by atoms with Crippen molar-refractivity contribution in [3.8, 4) is 22.3 Å². The molecule has 4 saturated carbocycles. The van der Waals surface area contributed by atoms with E-state index in [2.05, 4.69) is 146 Å². The maximum Gasteiger partial charge on any atom is 0.137 e. The van der Waals surface area contributed by atoms with Gasteiger partial charge in [0.2, 0.25) is 0 Å². The highest BCUT2D eigenvalue weighted by Gasteiger charge is 2.62. The van der Waals surface area contributed by atoms with Crippen molar-refractivity contribution in [1.29, 1.82) is 0 Å². The van der Waals surface area contributed by atoms with E-state index >= 15 is 0 Å². The molecule has 0 aliphatic heterocycles. The molecule has 13 rings (SSSR count). The first-order valence-corrected chi connectivity index (χ1v) is 19.2. The van der Waals surface area contributed by atoms with Crippen molar-refractivity contribution in [2.75, 3.05) is 4.90 Å². The fraction of sp³-hybridized carbons (Fsp3) is 0.265. The lowest BCUT2D eigenvalue weighted by atomic mass is 9.43. The number of hydrogen-bond acceptors (Lipinski definition) is 2. The van der Waals surface area contributed by atoms with Crippen LogP contribution in [0.15, 0.2) is 132 Å². The van der Waals surface area contributed by atoms with Crippen molar-refractivity contribution >= 4 is 39.0 Å². The molecule has 51 heavy (non-hydrogen) atoms. The van der Waals surface area contributed by atoms with Gasteiger partial charge in [-0.1, -0.05) is 111 Å². The smallest absolute Gasteiger partial charge is 0.137 e. The Morgan fingerprint density at radius 2 is 1.10 bits per heavy atom. The Bertz CT molecular complexity index is 2570. The van der Waals surface area contributed by atoms with Crippen molar-refractivity contribution < 1.29 is 4.42 Å². The maximum atomic E-state index is 6.58. The lowest BCUT2D eigenvalue weighted by Crippen LogP contribution is -2.55. The first kappa shape index (κ1) is 28.6. The molecule has 4 bridgehead atoms. The van der Waals surface area contributed by atoms with Crippen LogP contribution < -0.4 is 4.90 Å². The lowest BCUT2D eigenvalue weighted by molar-refractivity contribution is -0.0399. The molecule has 6 aliphatic rings. The summed E-state index contributed by atoms with van der Waals surface area (Å²) in [4.78, 5) is 2.64. The van der Waals surface area contributed by atoms with Gasteiger partial charge in [0.1, 0.15) is 11.2 Å². The second-order valence-corrected chi connectivity index (χ2v) is 16.9. The Kier molecular flexibility index (Phi) is 5.51. The van der Waals surface area contributed by atoms with Crippen LogP contribution in [0, 0.1) is 23.7 Å². The Labute approximate surface area is 299 Å². The molecular weight excluding hydrogens is 619 g/mol. The molecule has 1 spiro atoms. The molecule has 0 amide bonds. The zero-order chi connectivity index (χ0) is 33.6. The highest BCUT2D eigenvalue weighted by atomic mass is 16.3. The third-order valence-electron chi connectivity index (χ3n) is 14.2. The molecule has 248 valence electrons. The zero-order valence-electron chi connectivity index (χ0n) is 29.3. The minimum absolute atomic E-state index is 0.101. The van der Waals surface area contributed by atoms with Gasteiger partial charge in [0.25, 0.3) is 0 Å². The van der Waals surface area contributed by atoms with Gasteiger partial charge in [-0.2, -0.15) is 0 Å². The van der Waals surface area contributed by atoms with Crippen LogP contribution in [-0.2, 0) is 10.8 Å². The number of benzene rings is 6. The Balaban J connectivity index is 1.20. The van der Waals surface area contributed by atoms with E-state index in [4.69, 9.17) is 4.42 Å². The normalized spacial score (nSPS) is 25.7. The van der Waals surface area contributed by atoms with Gasteiger partial charge in [-0.25, -0.2) is 0 Å². The molecule has 0 radical (unpaired) electrons. The quantitative estimate of drug-likeness (QED) is 0.188. The minimum atomic E-state index is -0.175. The predicted octanol–water partition coefficient (Wildman–Crippen LogP) is 13.1. The van der Waals surface area contributed by atoms with Gasteiger partial charge in [0.05, 0.1) is 22.4 Å². The minimum Gasteiger partial charge on any atom is -0.456 e. The summed E-state index contributed by atoms with van der Waals surface area (Å²) >= 11 is 0. The predicted molar refractivity (Wildman–Crippen MR) is 209 cm³/mol. The molecule has 0 N–H and O–H groups in total. The molecule has 2 heteroatoms. The second-order valence-electron chi connectivity index (χ2n) is 16.9. The van der Waals surface area contributed by atoms with Crippen molar-refractivity contribution in [3.05, 3.63) is 150 Å². The first-order chi connectivity index (χ1) is 25.0. The van der Waals surface area contributed by atoms with Crippen LogP contribution in [0.25, 0.3) is 44.2 Å². The van der Waals surface area contributed by atoms with E-state index in [1.54, 1.807) is 11.1 Å². The molecule has 1 heterocycles. The van der Waals surface area contributed by atoms with Gasteiger partial charge < -0.3 is 9.32 Å². The third-order valence-corrected chi connectivity index (χ3v) is 14.2. The average molecular weight is 660 g/mol. The molecule has 1 aromatic heterocycles. The molecule has 6 aliphatic carbocycles. The van der Waals surface area contributed by atoms with Gasteiger partial charge in [-0.3, -0.25) is 0 Å². The molecule has 7 aromatic rings. The van der Waals surface area contributed by atoms with E-state index in [0.29, 0.717) is 0 Å². The summed E-state index contributed by atoms with van der Waals surface area (Å²) in [6.45, 7) is 4.84. The summed E-state index contributed by atoms with van der Waals surface area (Å²) in [5.74, 6) is 3.26. The summed E-state index contributed by atoms with van der Waals surface area (Å²) in [6.07, 6.45) is 6.99. The summed E-state index contributed by atoms with van der Waals surface area (Å²) in [7, 11) is 0. The van der Waals surface area contributed by atoms with Gasteiger partial charge in [0.15, 0.2) is 0 Å². The SMILES string of the molecule is CC1(C)c2ccccc2-c2cccc(N(c3cccc4c3-c3ccccc3C43C4CC5CC(C4)CC3C5)c3cccc4oc5ccccc5c34)c21. The highest BCUT2D eigenvalue weighted by molar-refractivity contribution is 6.14. The topological polar surface area (TPSA) is 16.4 Å². The van der Waals surface area contributed by atoms with Crippen molar-refractivity contribution in [2.45, 2.75) is 56.8 Å². The van der Waals surface area contributed by atoms with Crippen LogP contribution in [-0.4, -0.2) is 0 Å². The van der Waals surface area contributed by atoms with Crippen LogP contribution in [0.4, 0.5) is 17.1 Å². The van der Waals surface area contributed by atoms with Crippen molar-refractivity contribution in [2.24, 2.45) is 23.7 Å². The van der Waals surface area contributed by atoms with E-state index in [9.17, 15) is 0 Å². The van der Waals surface area contributed by atoms with Crippen LogP contribution in [0.5, 0.6) is 0 Å². The zero-order valence-corrected chi connectivity index (χ0v) is 29.3. The van der Waals surface area contributed by atoms with E-state index in [0.717, 1.165) is 40.2 Å². The first-order valence-electron chi connectivity index (χ1n) is 19.2. The molecule has 0 unspecified atom stereocenters. The van der Waals surface area contributed by atoms with E-state index in [1.165, 1.54) is 87.9 Å². The number of anilines is 3. The van der Waals surface area contributed by atoms with Crippen molar-refractivity contribution in [3.63, 3.8) is 0 Å². The highest BCUT2D eigenvalue weighted by Crippen LogP contribution is 2.70. The van der Waals surface area contributed by atoms with Crippen molar-refractivity contribution in [1.82, 2.24) is 0 Å². The lowest BCUT2D eigenvalue weighted by Gasteiger charge is -2.61. The van der Waals surface area contributed by atoms with Gasteiger partial charge in [0, 0.05) is 21.8 Å². The number of fused-ring (bicyclic) bond motifs is 9. The summed E-state index contributed by atoms with van der Waals surface area (Å²) < 4.78 is 6.58. The summed E-state index contributed by atoms with van der Waals surface area (Å²) in [5, 5.41) is 2.33. The molecule has 0 atom stereocenters. The van der Waals surface area contributed by atoms with Gasteiger partial charge in [-0.15, -0.1) is 0 Å². The summed E-state index contributed by atoms with van der Waals surface area (Å²) in [6, 6.07) is 48.1. The number of hydrogen-bond donors (Lipinski definition) is 0. The van der Waals surface area contributed by atoms with E-state index < -0.39 is 0 Å². The average Bonchev–Trinajstić information content (AvgIpc) is 3.76. The molecule has 4 fully saturated rings. The Morgan fingerprint density at radius 3 is 1.92 bits per heavy atom. The fourth-order valence-corrected chi connectivity index (χ4v) is 12.7. The van der Waals surface area contributed by atoms with E-state index in [-0.39, 0.29) is 10.8 Å². The molecule has 6 aromatic carbocycles. The van der Waals surface area contributed by atoms with Crippen LogP contribution >= 0.6 is 0 Å². The number of nitrogens with zero attached hydrogens (tertiary/aromatic N) is 1. The largest absolute Gasteiger partial charge is 0.456 e. The van der Waals surface area contributed by atoms with E-state index in [1.807, 2.05) is 0 Å². The summed E-state index contributed by atoms with van der Waals surface area (Å²) in [5.41, 5.74) is 17.0.